The van der Waals surface area contributed by atoms with Gasteiger partial charge in [-0.1, -0.05) is 52.3 Å². The fraction of sp³-hybridized carbons (Fsp3) is 0. The van der Waals surface area contributed by atoms with Gasteiger partial charge in [0.15, 0.2) is 5.76 Å². The molecule has 0 unspecified atom stereocenters. The van der Waals surface area contributed by atoms with Gasteiger partial charge in [-0.05, 0) is 35.9 Å². The van der Waals surface area contributed by atoms with E-state index < -0.39 is 0 Å². The van der Waals surface area contributed by atoms with Gasteiger partial charge in [-0.2, -0.15) is 0 Å². The number of hydrogen-bond donors (Lipinski definition) is 0. The fourth-order valence-electron chi connectivity index (χ4n) is 1.96. The van der Waals surface area contributed by atoms with Crippen molar-refractivity contribution in [3.63, 3.8) is 0 Å². The molecule has 0 atom stereocenters. The van der Waals surface area contributed by atoms with E-state index in [1.54, 1.807) is 12.1 Å². The van der Waals surface area contributed by atoms with Gasteiger partial charge in [-0.3, -0.25) is 4.79 Å². The first-order valence-electron chi connectivity index (χ1n) is 6.19. The largest absolute Gasteiger partial charge is 0.453 e. The first kappa shape index (κ1) is 12.9. The summed E-state index contributed by atoms with van der Waals surface area (Å²) in [6, 6.07) is 17.1. The smallest absolute Gasteiger partial charge is 0.221 e. The van der Waals surface area contributed by atoms with Crippen LogP contribution >= 0.6 is 15.9 Å². The van der Waals surface area contributed by atoms with Gasteiger partial charge in [0, 0.05) is 9.86 Å². The number of carbonyl (C=O) groups is 1. The van der Waals surface area contributed by atoms with Gasteiger partial charge in [0.2, 0.25) is 5.78 Å². The minimum atomic E-state index is -0.142. The van der Waals surface area contributed by atoms with Gasteiger partial charge in [0.25, 0.3) is 0 Å². The molecule has 1 heterocycles. The van der Waals surface area contributed by atoms with Crippen LogP contribution in [0.4, 0.5) is 0 Å². The van der Waals surface area contributed by atoms with Crippen LogP contribution < -0.4 is 0 Å². The van der Waals surface area contributed by atoms with E-state index in [1.165, 1.54) is 6.08 Å². The Morgan fingerprint density at radius 2 is 1.80 bits per heavy atom. The van der Waals surface area contributed by atoms with Crippen molar-refractivity contribution in [2.24, 2.45) is 0 Å². The standard InChI is InChI=1S/C17H11BrO2/c18-14-7-3-1-5-12(14)9-10-15(19)17-11-13-6-2-4-8-16(13)20-17/h1-11H/b10-9+. The molecule has 0 saturated carbocycles. The molecule has 2 nitrogen and oxygen atoms in total. The second-order valence-corrected chi connectivity index (χ2v) is 5.22. The van der Waals surface area contributed by atoms with Crippen molar-refractivity contribution in [1.82, 2.24) is 0 Å². The normalized spacial score (nSPS) is 11.2. The summed E-state index contributed by atoms with van der Waals surface area (Å²) in [5.74, 6) is 0.214. The molecule has 20 heavy (non-hydrogen) atoms. The molecule has 0 N–H and O–H groups in total. The molecule has 0 spiro atoms. The van der Waals surface area contributed by atoms with E-state index >= 15 is 0 Å². The molecule has 0 bridgehead atoms. The summed E-state index contributed by atoms with van der Waals surface area (Å²) in [4.78, 5) is 12.1. The van der Waals surface area contributed by atoms with Crippen LogP contribution in [-0.4, -0.2) is 5.78 Å². The Balaban J connectivity index is 1.88. The lowest BCUT2D eigenvalue weighted by Crippen LogP contribution is -1.90. The van der Waals surface area contributed by atoms with Gasteiger partial charge >= 0.3 is 0 Å². The predicted molar refractivity (Wildman–Crippen MR) is 83.7 cm³/mol. The Morgan fingerprint density at radius 3 is 2.60 bits per heavy atom. The van der Waals surface area contributed by atoms with Gasteiger partial charge in [-0.25, -0.2) is 0 Å². The van der Waals surface area contributed by atoms with Gasteiger partial charge < -0.3 is 4.42 Å². The first-order chi connectivity index (χ1) is 9.74. The number of fused-ring (bicyclic) bond motifs is 1. The van der Waals surface area contributed by atoms with Crippen molar-refractivity contribution in [1.29, 1.82) is 0 Å². The predicted octanol–water partition coefficient (Wildman–Crippen LogP) is 5.09. The topological polar surface area (TPSA) is 30.2 Å². The second kappa shape index (κ2) is 5.47. The van der Waals surface area contributed by atoms with Crippen LogP contribution in [0.25, 0.3) is 17.0 Å². The molecule has 1 aromatic heterocycles. The number of para-hydroxylation sites is 1. The summed E-state index contributed by atoms with van der Waals surface area (Å²) in [7, 11) is 0. The third kappa shape index (κ3) is 2.58. The molecule has 3 heteroatoms. The maximum Gasteiger partial charge on any atom is 0.221 e. The van der Waals surface area contributed by atoms with E-state index in [4.69, 9.17) is 4.42 Å². The van der Waals surface area contributed by atoms with Crippen LogP contribution in [0.15, 0.2) is 69.6 Å². The molecule has 3 rings (SSSR count). The van der Waals surface area contributed by atoms with E-state index in [9.17, 15) is 4.79 Å². The highest BCUT2D eigenvalue weighted by Gasteiger charge is 2.09. The van der Waals surface area contributed by atoms with Crippen LogP contribution in [0.5, 0.6) is 0 Å². The minimum absolute atomic E-state index is 0.142. The molecule has 0 saturated heterocycles. The third-order valence-corrected chi connectivity index (χ3v) is 3.71. The van der Waals surface area contributed by atoms with E-state index in [-0.39, 0.29) is 5.78 Å². The Kier molecular flexibility index (Phi) is 3.52. The number of ketones is 1. The molecule has 0 aliphatic rings. The lowest BCUT2D eigenvalue weighted by atomic mass is 10.2. The zero-order valence-electron chi connectivity index (χ0n) is 10.5. The van der Waals surface area contributed by atoms with Crippen molar-refractivity contribution in [3.05, 3.63) is 76.5 Å². The van der Waals surface area contributed by atoms with Crippen LogP contribution in [0.1, 0.15) is 16.1 Å². The van der Waals surface area contributed by atoms with E-state index in [2.05, 4.69) is 15.9 Å². The van der Waals surface area contributed by atoms with E-state index in [0.29, 0.717) is 5.76 Å². The summed E-state index contributed by atoms with van der Waals surface area (Å²) in [6.07, 6.45) is 3.30. The molecule has 0 aliphatic heterocycles. The summed E-state index contributed by atoms with van der Waals surface area (Å²) in [5.41, 5.74) is 1.68. The van der Waals surface area contributed by atoms with Crippen molar-refractivity contribution in [3.8, 4) is 0 Å². The van der Waals surface area contributed by atoms with Gasteiger partial charge in [0.05, 0.1) is 0 Å². The lowest BCUT2D eigenvalue weighted by molar-refractivity contribution is 0.102. The van der Waals surface area contributed by atoms with Gasteiger partial charge in [0.1, 0.15) is 5.58 Å². The quantitative estimate of drug-likeness (QED) is 0.495. The molecule has 0 fully saturated rings. The number of hydrogen-bond acceptors (Lipinski definition) is 2. The molecule has 98 valence electrons. The zero-order valence-corrected chi connectivity index (χ0v) is 12.1. The van der Waals surface area contributed by atoms with Crippen LogP contribution in [0.3, 0.4) is 0 Å². The first-order valence-corrected chi connectivity index (χ1v) is 6.99. The van der Waals surface area contributed by atoms with Crippen molar-refractivity contribution >= 4 is 38.8 Å². The van der Waals surface area contributed by atoms with Crippen molar-refractivity contribution in [2.45, 2.75) is 0 Å². The Morgan fingerprint density at radius 1 is 1.05 bits per heavy atom. The van der Waals surface area contributed by atoms with E-state index in [1.807, 2.05) is 48.5 Å². The molecule has 2 aromatic carbocycles. The highest BCUT2D eigenvalue weighted by Crippen LogP contribution is 2.21. The Bertz CT molecular complexity index is 766. The molecule has 0 amide bonds. The average molecular weight is 327 g/mol. The number of allylic oxidation sites excluding steroid dienone is 1. The number of halogens is 1. The summed E-state index contributed by atoms with van der Waals surface area (Å²) in [5, 5.41) is 0.935. The Hall–Kier alpha value is -2.13. The number of furan rings is 1. The maximum absolute atomic E-state index is 12.1. The lowest BCUT2D eigenvalue weighted by Gasteiger charge is -1.95. The Labute approximate surface area is 124 Å². The number of benzene rings is 2. The SMILES string of the molecule is O=C(/C=C/c1ccccc1Br)c1cc2ccccc2o1. The average Bonchev–Trinajstić information content (AvgIpc) is 2.90. The third-order valence-electron chi connectivity index (χ3n) is 2.99. The van der Waals surface area contributed by atoms with Crippen LogP contribution in [0, 0.1) is 0 Å². The van der Waals surface area contributed by atoms with Crippen molar-refractivity contribution < 1.29 is 9.21 Å². The number of rotatable bonds is 3. The maximum atomic E-state index is 12.1. The molecular formula is C17H11BrO2. The molecule has 3 aromatic rings. The molecule has 0 radical (unpaired) electrons. The summed E-state index contributed by atoms with van der Waals surface area (Å²) >= 11 is 3.44. The summed E-state index contributed by atoms with van der Waals surface area (Å²) in [6.45, 7) is 0. The van der Waals surface area contributed by atoms with Crippen LogP contribution in [0.2, 0.25) is 0 Å². The van der Waals surface area contributed by atoms with E-state index in [0.717, 1.165) is 21.0 Å². The summed E-state index contributed by atoms with van der Waals surface area (Å²) < 4.78 is 6.49. The zero-order chi connectivity index (χ0) is 13.9. The van der Waals surface area contributed by atoms with Crippen LogP contribution in [-0.2, 0) is 0 Å². The highest BCUT2D eigenvalue weighted by molar-refractivity contribution is 9.10. The molecular weight excluding hydrogens is 316 g/mol. The monoisotopic (exact) mass is 326 g/mol. The second-order valence-electron chi connectivity index (χ2n) is 4.37. The molecule has 0 aliphatic carbocycles. The fourth-order valence-corrected chi connectivity index (χ4v) is 2.38. The number of carbonyl (C=O) groups excluding carboxylic acids is 1. The highest BCUT2D eigenvalue weighted by atomic mass is 79.9. The van der Waals surface area contributed by atoms with Crippen molar-refractivity contribution in [2.75, 3.05) is 0 Å². The van der Waals surface area contributed by atoms with Gasteiger partial charge in [-0.15, -0.1) is 0 Å². The minimum Gasteiger partial charge on any atom is -0.453 e.